The van der Waals surface area contributed by atoms with Gasteiger partial charge in [0.25, 0.3) is 0 Å². The van der Waals surface area contributed by atoms with Crippen molar-refractivity contribution in [3.8, 4) is 22.8 Å². The van der Waals surface area contributed by atoms with Crippen molar-refractivity contribution in [2.75, 3.05) is 50.0 Å². The summed E-state index contributed by atoms with van der Waals surface area (Å²) < 4.78 is 18.6. The van der Waals surface area contributed by atoms with Gasteiger partial charge in [-0.1, -0.05) is 34.6 Å². The molecular weight excluding hydrogens is 583 g/mol. The predicted octanol–water partition coefficient (Wildman–Crippen LogP) is 5.67. The number of likely N-dealkylation sites (N-methyl/N-ethyl adjacent to an activating group) is 1. The van der Waals surface area contributed by atoms with Gasteiger partial charge in [0.2, 0.25) is 5.95 Å². The van der Waals surface area contributed by atoms with Gasteiger partial charge in [-0.3, -0.25) is 4.90 Å². The van der Waals surface area contributed by atoms with Gasteiger partial charge in [-0.05, 0) is 55.4 Å². The molecule has 2 aromatic heterocycles. The van der Waals surface area contributed by atoms with Gasteiger partial charge in [-0.2, -0.15) is 0 Å². The maximum atomic E-state index is 11.5. The standard InChI is InChI=1S/C33H46BN6O4Si/c1-9-39-15-13-25(19-39)44-24-10-11-28(29(17-24)42-6)38-31-35-14-12-27(37-31)23-16-26-30(36-18-23)40(34-22-41)20-33(26,5)21-43-45(7,8)32(2,3)4/h10-12,14,16-18,22,25H,9,13,15,19-21H2,1-8H3,(H,35,37,38). The first-order valence-corrected chi connectivity index (χ1v) is 18.6. The fourth-order valence-electron chi connectivity index (χ4n) is 5.60. The van der Waals surface area contributed by atoms with Crippen LogP contribution in [0.15, 0.2) is 42.7 Å². The maximum absolute atomic E-state index is 11.5. The molecule has 12 heteroatoms. The number of carbonyl (C=O) groups is 1. The summed E-state index contributed by atoms with van der Waals surface area (Å²) in [6, 6.07) is 9.78. The van der Waals surface area contributed by atoms with Crippen LogP contribution >= 0.6 is 0 Å². The first kappa shape index (κ1) is 32.9. The van der Waals surface area contributed by atoms with E-state index < -0.39 is 8.32 Å². The molecule has 2 aliphatic heterocycles. The van der Waals surface area contributed by atoms with Gasteiger partial charge in [0.1, 0.15) is 29.6 Å². The van der Waals surface area contributed by atoms with E-state index >= 15 is 0 Å². The zero-order valence-electron chi connectivity index (χ0n) is 27.9. The number of likely N-dealkylation sites (tertiary alicyclic amines) is 1. The molecule has 1 radical (unpaired) electrons. The van der Waals surface area contributed by atoms with Crippen molar-refractivity contribution in [1.82, 2.24) is 19.9 Å². The van der Waals surface area contributed by atoms with Gasteiger partial charge < -0.3 is 28.8 Å². The minimum Gasteiger partial charge on any atom is -0.494 e. The molecule has 2 unspecified atom stereocenters. The molecule has 0 saturated carbocycles. The molecule has 45 heavy (non-hydrogen) atoms. The SMILES string of the molecule is CCN1CCC(Oc2ccc(Nc3nccc(-c4cnc5c(c4)C(C)(CO[Si](C)(C)C(C)(C)C)CN5[B]C=O)n3)c(OC)c2)C1. The third-order valence-corrected chi connectivity index (χ3v) is 13.9. The van der Waals surface area contributed by atoms with Crippen LogP contribution in [0, 0.1) is 0 Å². The molecule has 4 heterocycles. The van der Waals surface area contributed by atoms with E-state index in [4.69, 9.17) is 23.9 Å². The summed E-state index contributed by atoms with van der Waals surface area (Å²) in [6.45, 7) is 19.8. The second-order valence-corrected chi connectivity index (χ2v) is 18.6. The molecule has 239 valence electrons. The molecule has 0 spiro atoms. The van der Waals surface area contributed by atoms with Gasteiger partial charge in [0.05, 0.1) is 18.5 Å². The Morgan fingerprint density at radius 3 is 2.69 bits per heavy atom. The summed E-state index contributed by atoms with van der Waals surface area (Å²) in [5.74, 6) is 2.64. The first-order valence-electron chi connectivity index (χ1n) is 15.7. The Labute approximate surface area is 269 Å². The van der Waals surface area contributed by atoms with Gasteiger partial charge in [0.15, 0.2) is 8.32 Å². The van der Waals surface area contributed by atoms with Crippen LogP contribution in [0.3, 0.4) is 0 Å². The average Bonchev–Trinajstić information content (AvgIpc) is 3.58. The highest BCUT2D eigenvalue weighted by Crippen LogP contribution is 2.43. The van der Waals surface area contributed by atoms with E-state index in [1.54, 1.807) is 26.9 Å². The molecule has 1 fully saturated rings. The summed E-state index contributed by atoms with van der Waals surface area (Å²) >= 11 is 0. The highest BCUT2D eigenvalue weighted by molar-refractivity contribution is 6.74. The Balaban J connectivity index is 1.37. The second-order valence-electron chi connectivity index (χ2n) is 13.8. The van der Waals surface area contributed by atoms with E-state index in [2.05, 4.69) is 69.0 Å². The maximum Gasteiger partial charge on any atom is 0.330 e. The molecule has 3 aromatic rings. The predicted molar refractivity (Wildman–Crippen MR) is 183 cm³/mol. The smallest absolute Gasteiger partial charge is 0.330 e. The Hall–Kier alpha value is -3.48. The molecule has 1 aromatic carbocycles. The van der Waals surface area contributed by atoms with Crippen molar-refractivity contribution < 1.29 is 18.7 Å². The number of aromatic nitrogens is 3. The van der Waals surface area contributed by atoms with E-state index in [0.717, 1.165) is 66.3 Å². The molecule has 0 amide bonds. The van der Waals surface area contributed by atoms with Crippen LogP contribution < -0.4 is 19.6 Å². The number of pyridine rings is 1. The Bertz CT molecular complexity index is 1520. The van der Waals surface area contributed by atoms with Crippen LogP contribution in [0.5, 0.6) is 11.5 Å². The summed E-state index contributed by atoms with van der Waals surface area (Å²) in [5.41, 5.74) is 3.01. The Morgan fingerprint density at radius 2 is 2.00 bits per heavy atom. The van der Waals surface area contributed by atoms with Crippen molar-refractivity contribution in [1.29, 1.82) is 0 Å². The number of nitrogens with one attached hydrogen (secondary N) is 1. The third-order valence-electron chi connectivity index (χ3n) is 9.46. The number of rotatable bonds is 12. The number of methoxy groups -OCH3 is 1. The van der Waals surface area contributed by atoms with Crippen LogP contribution in [-0.4, -0.2) is 87.8 Å². The summed E-state index contributed by atoms with van der Waals surface area (Å²) in [4.78, 5) is 29.9. The summed E-state index contributed by atoms with van der Waals surface area (Å²) in [5, 5.41) is 3.40. The topological polar surface area (TPSA) is 102 Å². The number of anilines is 3. The lowest BCUT2D eigenvalue weighted by Gasteiger charge is -2.39. The quantitative estimate of drug-likeness (QED) is 0.199. The van der Waals surface area contributed by atoms with E-state index in [1.807, 2.05) is 29.1 Å². The fourth-order valence-corrected chi connectivity index (χ4v) is 6.72. The van der Waals surface area contributed by atoms with Crippen LogP contribution in [0.1, 0.15) is 46.6 Å². The fraction of sp³-hybridized carbons (Fsp3) is 0.515. The molecular formula is C33H46BN6O4Si. The number of nitrogens with zero attached hydrogens (tertiary/aromatic N) is 5. The molecule has 1 N–H and O–H groups in total. The van der Waals surface area contributed by atoms with Gasteiger partial charge >= 0.3 is 7.41 Å². The molecule has 1 saturated heterocycles. The van der Waals surface area contributed by atoms with Gasteiger partial charge in [-0.15, -0.1) is 0 Å². The lowest BCUT2D eigenvalue weighted by atomic mass is 9.85. The largest absolute Gasteiger partial charge is 0.494 e. The van der Waals surface area contributed by atoms with E-state index in [-0.39, 0.29) is 16.6 Å². The van der Waals surface area contributed by atoms with Crippen molar-refractivity contribution in [3.63, 3.8) is 0 Å². The highest BCUT2D eigenvalue weighted by atomic mass is 28.4. The summed E-state index contributed by atoms with van der Waals surface area (Å²) in [7, 11) is 1.19. The van der Waals surface area contributed by atoms with E-state index in [0.29, 0.717) is 24.8 Å². The number of fused-ring (bicyclic) bond motifs is 1. The van der Waals surface area contributed by atoms with Crippen molar-refractivity contribution in [2.45, 2.75) is 70.7 Å². The number of carbonyl (C=O) groups excluding carboxylic acids is 1. The lowest BCUT2D eigenvalue weighted by Crippen LogP contribution is -2.46. The third kappa shape index (κ3) is 7.18. The second kappa shape index (κ2) is 13.1. The normalized spacial score (nSPS) is 20.2. The first-order chi connectivity index (χ1) is 21.4. The van der Waals surface area contributed by atoms with Gasteiger partial charge in [-0.25, -0.2) is 15.0 Å². The number of benzene rings is 1. The van der Waals surface area contributed by atoms with Crippen molar-refractivity contribution in [2.24, 2.45) is 0 Å². The Morgan fingerprint density at radius 1 is 1.20 bits per heavy atom. The molecule has 10 nitrogen and oxygen atoms in total. The monoisotopic (exact) mass is 629 g/mol. The lowest BCUT2D eigenvalue weighted by molar-refractivity contribution is 0.202. The van der Waals surface area contributed by atoms with Crippen molar-refractivity contribution >= 4 is 39.4 Å². The highest BCUT2D eigenvalue weighted by Gasteiger charge is 2.44. The number of hydrogen-bond acceptors (Lipinski definition) is 10. The van der Waals surface area contributed by atoms with E-state index in [1.165, 1.54) is 0 Å². The van der Waals surface area contributed by atoms with Crippen LogP contribution in [0.2, 0.25) is 18.1 Å². The van der Waals surface area contributed by atoms with Gasteiger partial charge in [0, 0.05) is 61.2 Å². The van der Waals surface area contributed by atoms with Crippen LogP contribution in [-0.2, 0) is 14.6 Å². The summed E-state index contributed by atoms with van der Waals surface area (Å²) in [6.07, 6.45) is 5.53. The zero-order valence-corrected chi connectivity index (χ0v) is 28.9. The molecule has 2 atom stereocenters. The number of hydrogen-bond donors (Lipinski definition) is 1. The Kier molecular flexibility index (Phi) is 9.57. The zero-order chi connectivity index (χ0) is 32.4. The van der Waals surface area contributed by atoms with Crippen LogP contribution in [0.25, 0.3) is 11.3 Å². The molecule has 2 aliphatic rings. The molecule has 0 aliphatic carbocycles. The van der Waals surface area contributed by atoms with E-state index in [9.17, 15) is 4.79 Å². The van der Waals surface area contributed by atoms with Crippen molar-refractivity contribution in [3.05, 3.63) is 48.3 Å². The van der Waals surface area contributed by atoms with Crippen LogP contribution in [0.4, 0.5) is 17.5 Å². The number of ether oxygens (including phenoxy) is 2. The molecule has 0 bridgehead atoms. The minimum absolute atomic E-state index is 0.0897. The average molecular weight is 630 g/mol. The minimum atomic E-state index is -2.00. The molecule has 5 rings (SSSR count).